The van der Waals surface area contributed by atoms with E-state index in [1.165, 1.54) is 12.0 Å². The summed E-state index contributed by atoms with van der Waals surface area (Å²) in [5.41, 5.74) is 1.81. The van der Waals surface area contributed by atoms with Crippen LogP contribution in [0.5, 0.6) is 0 Å². The minimum atomic E-state index is 0. The summed E-state index contributed by atoms with van der Waals surface area (Å²) < 4.78 is 0. The van der Waals surface area contributed by atoms with Crippen molar-refractivity contribution in [2.24, 2.45) is 11.3 Å². The second kappa shape index (κ2) is 7.31. The molecule has 94 valence electrons. The summed E-state index contributed by atoms with van der Waals surface area (Å²) in [4.78, 5) is 0. The lowest BCUT2D eigenvalue weighted by molar-refractivity contribution is 0.273. The Bertz CT molecular complexity index is 267. The lowest BCUT2D eigenvalue weighted by Gasteiger charge is -2.27. The van der Waals surface area contributed by atoms with Crippen molar-refractivity contribution in [2.75, 3.05) is 6.54 Å². The van der Waals surface area contributed by atoms with E-state index in [0.717, 1.165) is 19.0 Å². The van der Waals surface area contributed by atoms with E-state index in [4.69, 9.17) is 0 Å². The molecule has 0 aliphatic rings. The molecule has 1 N–H and O–H groups in total. The van der Waals surface area contributed by atoms with Crippen molar-refractivity contribution in [3.05, 3.63) is 22.4 Å². The Morgan fingerprint density at radius 3 is 2.56 bits per heavy atom. The number of rotatable bonds is 6. The quantitative estimate of drug-likeness (QED) is 0.804. The van der Waals surface area contributed by atoms with Crippen molar-refractivity contribution in [3.8, 4) is 0 Å². The minimum Gasteiger partial charge on any atom is -0.312 e. The molecule has 0 fully saturated rings. The van der Waals surface area contributed by atoms with Gasteiger partial charge >= 0.3 is 0 Å². The van der Waals surface area contributed by atoms with Gasteiger partial charge < -0.3 is 5.32 Å². The van der Waals surface area contributed by atoms with Gasteiger partial charge in [0.15, 0.2) is 0 Å². The molecule has 1 heterocycles. The molecule has 0 saturated carbocycles. The van der Waals surface area contributed by atoms with Gasteiger partial charge in [0.1, 0.15) is 0 Å². The van der Waals surface area contributed by atoms with Crippen molar-refractivity contribution in [1.29, 1.82) is 0 Å². The molecule has 0 aliphatic heterocycles. The molecule has 1 aromatic rings. The molecule has 0 aromatic carbocycles. The van der Waals surface area contributed by atoms with E-state index >= 15 is 0 Å². The molecule has 0 aliphatic carbocycles. The number of halogens is 1. The standard InChI is InChI=1S/C13H23NS.ClH/c1-11(2)7-13(3,4)10-14-8-12-5-6-15-9-12;/h5-6,9,11,14H,7-8,10H2,1-4H3;1H. The summed E-state index contributed by atoms with van der Waals surface area (Å²) in [6, 6.07) is 2.19. The molecule has 1 nitrogen and oxygen atoms in total. The second-order valence-corrected chi connectivity index (χ2v) is 6.28. The molecule has 16 heavy (non-hydrogen) atoms. The maximum atomic E-state index is 3.54. The molecule has 0 saturated heterocycles. The third-order valence-corrected chi connectivity index (χ3v) is 3.21. The van der Waals surface area contributed by atoms with E-state index in [-0.39, 0.29) is 12.4 Å². The topological polar surface area (TPSA) is 12.0 Å². The van der Waals surface area contributed by atoms with Gasteiger partial charge in [-0.1, -0.05) is 27.7 Å². The molecule has 3 heteroatoms. The summed E-state index contributed by atoms with van der Waals surface area (Å²) in [5, 5.41) is 7.89. The molecule has 1 aromatic heterocycles. The van der Waals surface area contributed by atoms with E-state index in [0.29, 0.717) is 5.41 Å². The van der Waals surface area contributed by atoms with Crippen LogP contribution in [0.25, 0.3) is 0 Å². The summed E-state index contributed by atoms with van der Waals surface area (Å²) in [6.07, 6.45) is 1.28. The summed E-state index contributed by atoms with van der Waals surface area (Å²) in [6.45, 7) is 11.4. The van der Waals surface area contributed by atoms with Crippen LogP contribution in [0.1, 0.15) is 39.7 Å². The Morgan fingerprint density at radius 2 is 2.06 bits per heavy atom. The van der Waals surface area contributed by atoms with Crippen molar-refractivity contribution in [2.45, 2.75) is 40.7 Å². The van der Waals surface area contributed by atoms with Crippen molar-refractivity contribution in [1.82, 2.24) is 5.32 Å². The molecule has 0 radical (unpaired) electrons. The molecule has 0 unspecified atom stereocenters. The van der Waals surface area contributed by atoms with Gasteiger partial charge in [-0.15, -0.1) is 12.4 Å². The van der Waals surface area contributed by atoms with Gasteiger partial charge in [0, 0.05) is 13.1 Å². The van der Waals surface area contributed by atoms with Crippen LogP contribution in [-0.4, -0.2) is 6.54 Å². The molecule has 1 rings (SSSR count). The van der Waals surface area contributed by atoms with Crippen LogP contribution < -0.4 is 5.32 Å². The van der Waals surface area contributed by atoms with E-state index in [1.54, 1.807) is 11.3 Å². The SMILES string of the molecule is CC(C)CC(C)(C)CNCc1ccsc1.Cl. The normalized spacial score (nSPS) is 11.6. The number of thiophene rings is 1. The molecular formula is C13H24ClNS. The fourth-order valence-corrected chi connectivity index (χ4v) is 2.78. The van der Waals surface area contributed by atoms with Crippen LogP contribution in [0.3, 0.4) is 0 Å². The van der Waals surface area contributed by atoms with E-state index in [2.05, 4.69) is 49.8 Å². The van der Waals surface area contributed by atoms with E-state index in [1.807, 2.05) is 0 Å². The molecule has 0 amide bonds. The highest BCUT2D eigenvalue weighted by Gasteiger charge is 2.18. The Labute approximate surface area is 110 Å². The molecule has 0 spiro atoms. The fourth-order valence-electron chi connectivity index (χ4n) is 2.12. The zero-order chi connectivity index (χ0) is 11.3. The van der Waals surface area contributed by atoms with Crippen LogP contribution in [0.2, 0.25) is 0 Å². The zero-order valence-corrected chi connectivity index (χ0v) is 12.4. The predicted molar refractivity (Wildman–Crippen MR) is 76.5 cm³/mol. The van der Waals surface area contributed by atoms with Gasteiger partial charge in [-0.05, 0) is 40.1 Å². The lowest BCUT2D eigenvalue weighted by atomic mass is 9.84. The number of nitrogens with one attached hydrogen (secondary N) is 1. The van der Waals surface area contributed by atoms with Crippen LogP contribution in [0.15, 0.2) is 16.8 Å². The first-order chi connectivity index (χ1) is 6.99. The van der Waals surface area contributed by atoms with Crippen molar-refractivity contribution in [3.63, 3.8) is 0 Å². The monoisotopic (exact) mass is 261 g/mol. The lowest BCUT2D eigenvalue weighted by Crippen LogP contribution is -2.30. The second-order valence-electron chi connectivity index (χ2n) is 5.50. The fraction of sp³-hybridized carbons (Fsp3) is 0.692. The van der Waals surface area contributed by atoms with Gasteiger partial charge in [0.2, 0.25) is 0 Å². The molecular weight excluding hydrogens is 238 g/mol. The first-order valence-corrected chi connectivity index (χ1v) is 6.66. The van der Waals surface area contributed by atoms with Gasteiger partial charge in [0.05, 0.1) is 0 Å². The van der Waals surface area contributed by atoms with E-state index in [9.17, 15) is 0 Å². The molecule has 0 atom stereocenters. The van der Waals surface area contributed by atoms with Crippen molar-refractivity contribution < 1.29 is 0 Å². The predicted octanol–water partition coefficient (Wildman–Crippen LogP) is 4.33. The van der Waals surface area contributed by atoms with Crippen LogP contribution in [0.4, 0.5) is 0 Å². The third-order valence-electron chi connectivity index (χ3n) is 2.47. The summed E-state index contributed by atoms with van der Waals surface area (Å²) >= 11 is 1.77. The molecule has 0 bridgehead atoms. The van der Waals surface area contributed by atoms with Gasteiger partial charge in [-0.3, -0.25) is 0 Å². The maximum Gasteiger partial charge on any atom is 0.0213 e. The first-order valence-electron chi connectivity index (χ1n) is 5.71. The first kappa shape index (κ1) is 16.0. The average molecular weight is 262 g/mol. The van der Waals surface area contributed by atoms with Crippen LogP contribution in [0, 0.1) is 11.3 Å². The average Bonchev–Trinajstić information content (AvgIpc) is 2.53. The smallest absolute Gasteiger partial charge is 0.0213 e. The minimum absolute atomic E-state index is 0. The van der Waals surface area contributed by atoms with Crippen LogP contribution >= 0.6 is 23.7 Å². The Morgan fingerprint density at radius 1 is 1.38 bits per heavy atom. The van der Waals surface area contributed by atoms with Gasteiger partial charge in [-0.25, -0.2) is 0 Å². The summed E-state index contributed by atoms with van der Waals surface area (Å²) in [5.74, 6) is 0.781. The number of hydrogen-bond donors (Lipinski definition) is 1. The van der Waals surface area contributed by atoms with Crippen LogP contribution in [-0.2, 0) is 6.54 Å². The van der Waals surface area contributed by atoms with Crippen molar-refractivity contribution >= 4 is 23.7 Å². The number of hydrogen-bond acceptors (Lipinski definition) is 2. The highest BCUT2D eigenvalue weighted by molar-refractivity contribution is 7.07. The summed E-state index contributed by atoms with van der Waals surface area (Å²) in [7, 11) is 0. The highest BCUT2D eigenvalue weighted by atomic mass is 35.5. The van der Waals surface area contributed by atoms with Gasteiger partial charge in [-0.2, -0.15) is 11.3 Å². The zero-order valence-electron chi connectivity index (χ0n) is 10.7. The Balaban J connectivity index is 0.00000225. The highest BCUT2D eigenvalue weighted by Crippen LogP contribution is 2.24. The largest absolute Gasteiger partial charge is 0.312 e. The third kappa shape index (κ3) is 6.51. The van der Waals surface area contributed by atoms with E-state index < -0.39 is 0 Å². The van der Waals surface area contributed by atoms with Gasteiger partial charge in [0.25, 0.3) is 0 Å². The maximum absolute atomic E-state index is 3.54. The Hall–Kier alpha value is -0.0500. The Kier molecular flexibility index (Phi) is 7.29.